The molecule has 2 N–H and O–H groups in total. The molecule has 0 aromatic carbocycles. The normalized spacial score (nSPS) is 15.8. The van der Waals surface area contributed by atoms with Gasteiger partial charge in [-0.05, 0) is 32.6 Å². The SMILES string of the molecule is CCC(CC)(CC(=O)O)NC(=O)c1sc(C2CCCC2)nc1C. The highest BCUT2D eigenvalue weighted by molar-refractivity contribution is 7.13. The first-order chi connectivity index (χ1) is 10.9. The fourth-order valence-electron chi connectivity index (χ4n) is 3.28. The van der Waals surface area contributed by atoms with Gasteiger partial charge in [0.2, 0.25) is 0 Å². The van der Waals surface area contributed by atoms with Gasteiger partial charge in [-0.2, -0.15) is 0 Å². The smallest absolute Gasteiger partial charge is 0.305 e. The van der Waals surface area contributed by atoms with E-state index in [1.807, 2.05) is 20.8 Å². The maximum absolute atomic E-state index is 12.7. The van der Waals surface area contributed by atoms with Crippen LogP contribution in [0.25, 0.3) is 0 Å². The third-order valence-electron chi connectivity index (χ3n) is 4.95. The van der Waals surface area contributed by atoms with E-state index in [9.17, 15) is 9.59 Å². The van der Waals surface area contributed by atoms with Crippen LogP contribution in [0.2, 0.25) is 0 Å². The van der Waals surface area contributed by atoms with Gasteiger partial charge >= 0.3 is 5.97 Å². The van der Waals surface area contributed by atoms with Crippen molar-refractivity contribution in [3.8, 4) is 0 Å². The van der Waals surface area contributed by atoms with Crippen molar-refractivity contribution in [1.29, 1.82) is 0 Å². The monoisotopic (exact) mass is 338 g/mol. The fourth-order valence-corrected chi connectivity index (χ4v) is 4.41. The van der Waals surface area contributed by atoms with Gasteiger partial charge in [0.15, 0.2) is 0 Å². The van der Waals surface area contributed by atoms with E-state index in [2.05, 4.69) is 10.3 Å². The lowest BCUT2D eigenvalue weighted by Crippen LogP contribution is -2.49. The standard InChI is InChI=1S/C17H26N2O3S/c1-4-17(5-2,10-13(20)21)19-15(22)14-11(3)18-16(23-14)12-8-6-7-9-12/h12H,4-10H2,1-3H3,(H,19,22)(H,20,21). The molecular weight excluding hydrogens is 312 g/mol. The summed E-state index contributed by atoms with van der Waals surface area (Å²) >= 11 is 1.47. The Bertz CT molecular complexity index is 572. The number of aliphatic carboxylic acids is 1. The van der Waals surface area contributed by atoms with Gasteiger partial charge in [-0.25, -0.2) is 4.98 Å². The minimum Gasteiger partial charge on any atom is -0.481 e. The first kappa shape index (κ1) is 17.9. The van der Waals surface area contributed by atoms with Crippen LogP contribution in [-0.4, -0.2) is 27.5 Å². The molecule has 1 aliphatic carbocycles. The number of nitrogens with zero attached hydrogens (tertiary/aromatic N) is 1. The molecule has 0 unspecified atom stereocenters. The van der Waals surface area contributed by atoms with Gasteiger partial charge < -0.3 is 10.4 Å². The predicted molar refractivity (Wildman–Crippen MR) is 91.1 cm³/mol. The van der Waals surface area contributed by atoms with Crippen LogP contribution in [0.1, 0.15) is 85.1 Å². The lowest BCUT2D eigenvalue weighted by molar-refractivity contribution is -0.138. The van der Waals surface area contributed by atoms with Crippen molar-refractivity contribution in [2.75, 3.05) is 0 Å². The van der Waals surface area contributed by atoms with E-state index < -0.39 is 11.5 Å². The molecule has 0 radical (unpaired) electrons. The second-order valence-electron chi connectivity index (χ2n) is 6.46. The van der Waals surface area contributed by atoms with Crippen LogP contribution in [0.3, 0.4) is 0 Å². The molecule has 23 heavy (non-hydrogen) atoms. The number of amides is 1. The minimum atomic E-state index is -0.887. The first-order valence-electron chi connectivity index (χ1n) is 8.42. The summed E-state index contributed by atoms with van der Waals surface area (Å²) in [5.74, 6) is -0.586. The molecule has 1 heterocycles. The molecule has 0 aliphatic heterocycles. The van der Waals surface area contributed by atoms with Gasteiger partial charge in [-0.1, -0.05) is 26.7 Å². The van der Waals surface area contributed by atoms with Crippen molar-refractivity contribution in [2.45, 2.75) is 77.2 Å². The van der Waals surface area contributed by atoms with Gasteiger partial charge in [0.1, 0.15) is 4.88 Å². The second kappa shape index (κ2) is 7.43. The molecule has 1 aromatic heterocycles. The van der Waals surface area contributed by atoms with Crippen molar-refractivity contribution >= 4 is 23.2 Å². The number of hydrogen-bond donors (Lipinski definition) is 2. The van der Waals surface area contributed by atoms with Gasteiger partial charge in [0.25, 0.3) is 5.91 Å². The highest BCUT2D eigenvalue weighted by Gasteiger charge is 2.33. The first-order valence-corrected chi connectivity index (χ1v) is 9.24. The molecule has 2 rings (SSSR count). The summed E-state index contributed by atoms with van der Waals surface area (Å²) in [6.07, 6.45) is 5.90. The van der Waals surface area contributed by atoms with E-state index in [4.69, 9.17) is 5.11 Å². The van der Waals surface area contributed by atoms with Gasteiger partial charge in [0.05, 0.1) is 22.7 Å². The molecule has 128 valence electrons. The van der Waals surface area contributed by atoms with Crippen LogP contribution in [0.4, 0.5) is 0 Å². The summed E-state index contributed by atoms with van der Waals surface area (Å²) in [6.45, 7) is 5.69. The third kappa shape index (κ3) is 4.10. The Morgan fingerprint density at radius 1 is 1.30 bits per heavy atom. The zero-order chi connectivity index (χ0) is 17.0. The number of hydrogen-bond acceptors (Lipinski definition) is 4. The molecular formula is C17H26N2O3S. The summed E-state index contributed by atoms with van der Waals surface area (Å²) in [7, 11) is 0. The van der Waals surface area contributed by atoms with Crippen molar-refractivity contribution in [1.82, 2.24) is 10.3 Å². The lowest BCUT2D eigenvalue weighted by atomic mass is 9.89. The average Bonchev–Trinajstić information content (AvgIpc) is 3.14. The number of rotatable bonds is 7. The molecule has 1 fully saturated rings. The van der Waals surface area contributed by atoms with Crippen LogP contribution in [0.15, 0.2) is 0 Å². The summed E-state index contributed by atoms with van der Waals surface area (Å²) in [4.78, 5) is 29.0. The molecule has 1 saturated carbocycles. The van der Waals surface area contributed by atoms with Gasteiger partial charge in [0, 0.05) is 5.92 Å². The fraction of sp³-hybridized carbons (Fsp3) is 0.706. The van der Waals surface area contributed by atoms with E-state index in [0.717, 1.165) is 23.5 Å². The Morgan fingerprint density at radius 3 is 2.43 bits per heavy atom. The number of thiazole rings is 1. The van der Waals surface area contributed by atoms with E-state index >= 15 is 0 Å². The Kier molecular flexibility index (Phi) is 5.79. The molecule has 0 atom stereocenters. The van der Waals surface area contributed by atoms with Crippen LogP contribution in [-0.2, 0) is 4.79 Å². The quantitative estimate of drug-likeness (QED) is 0.791. The summed E-state index contributed by atoms with van der Waals surface area (Å²) in [5.41, 5.74) is 0.0678. The van der Waals surface area contributed by atoms with Crippen molar-refractivity contribution < 1.29 is 14.7 Å². The van der Waals surface area contributed by atoms with E-state index in [-0.39, 0.29) is 12.3 Å². The Balaban J connectivity index is 2.17. The largest absolute Gasteiger partial charge is 0.481 e. The zero-order valence-corrected chi connectivity index (χ0v) is 15.0. The summed E-state index contributed by atoms with van der Waals surface area (Å²) in [6, 6.07) is 0. The number of aryl methyl sites for hydroxylation is 1. The number of nitrogens with one attached hydrogen (secondary N) is 1. The zero-order valence-electron chi connectivity index (χ0n) is 14.1. The molecule has 0 bridgehead atoms. The van der Waals surface area contributed by atoms with Gasteiger partial charge in [-0.3, -0.25) is 9.59 Å². The molecule has 0 spiro atoms. The predicted octanol–water partition coefficient (Wildman–Crippen LogP) is 3.87. The Hall–Kier alpha value is -1.43. The molecule has 1 amide bonds. The highest BCUT2D eigenvalue weighted by Crippen LogP contribution is 2.37. The van der Waals surface area contributed by atoms with Crippen molar-refractivity contribution in [3.63, 3.8) is 0 Å². The van der Waals surface area contributed by atoms with Gasteiger partial charge in [-0.15, -0.1) is 11.3 Å². The second-order valence-corrected chi connectivity index (χ2v) is 7.49. The van der Waals surface area contributed by atoms with Crippen LogP contribution < -0.4 is 5.32 Å². The molecule has 0 saturated heterocycles. The van der Waals surface area contributed by atoms with Crippen LogP contribution in [0, 0.1) is 6.92 Å². The van der Waals surface area contributed by atoms with Crippen LogP contribution in [0.5, 0.6) is 0 Å². The highest BCUT2D eigenvalue weighted by atomic mass is 32.1. The lowest BCUT2D eigenvalue weighted by Gasteiger charge is -2.31. The van der Waals surface area contributed by atoms with Crippen LogP contribution >= 0.6 is 11.3 Å². The summed E-state index contributed by atoms with van der Waals surface area (Å²) in [5, 5.41) is 13.2. The summed E-state index contributed by atoms with van der Waals surface area (Å²) < 4.78 is 0. The molecule has 1 aliphatic rings. The number of carboxylic acid groups (broad SMARTS) is 1. The Labute approximate surface area is 141 Å². The maximum atomic E-state index is 12.7. The number of carbonyl (C=O) groups excluding carboxylic acids is 1. The number of aromatic nitrogens is 1. The third-order valence-corrected chi connectivity index (χ3v) is 6.26. The number of carbonyl (C=O) groups is 2. The van der Waals surface area contributed by atoms with E-state index in [1.165, 1.54) is 24.2 Å². The van der Waals surface area contributed by atoms with E-state index in [0.29, 0.717) is 23.6 Å². The molecule has 1 aromatic rings. The number of carboxylic acids is 1. The molecule has 6 heteroatoms. The van der Waals surface area contributed by atoms with Crippen molar-refractivity contribution in [3.05, 3.63) is 15.6 Å². The maximum Gasteiger partial charge on any atom is 0.305 e. The average molecular weight is 338 g/mol. The Morgan fingerprint density at radius 2 is 1.91 bits per heavy atom. The minimum absolute atomic E-state index is 0.0565. The van der Waals surface area contributed by atoms with Crippen molar-refractivity contribution in [2.24, 2.45) is 0 Å². The van der Waals surface area contributed by atoms with E-state index in [1.54, 1.807) is 0 Å². The molecule has 5 nitrogen and oxygen atoms in total. The topological polar surface area (TPSA) is 79.3 Å².